The fraction of sp³-hybridized carbons (Fsp3) is 0.588. The van der Waals surface area contributed by atoms with Crippen molar-refractivity contribution in [2.45, 2.75) is 39.4 Å². The molecule has 23 heavy (non-hydrogen) atoms. The number of pyridine rings is 1. The first kappa shape index (κ1) is 14.6. The molecule has 122 valence electrons. The van der Waals surface area contributed by atoms with Gasteiger partial charge in [0.2, 0.25) is 0 Å². The average molecular weight is 315 g/mol. The van der Waals surface area contributed by atoms with Gasteiger partial charge in [-0.1, -0.05) is 13.8 Å². The molecular weight excluding hydrogens is 294 g/mol. The highest BCUT2D eigenvalue weighted by Crippen LogP contribution is 2.53. The number of nitrogens with zero attached hydrogens (tertiary/aromatic N) is 3. The normalized spacial score (nSPS) is 28.4. The molecule has 2 aromatic heterocycles. The van der Waals surface area contributed by atoms with Crippen LogP contribution in [0.15, 0.2) is 12.3 Å². The Kier molecular flexibility index (Phi) is 3.04. The number of carbonyl (C=O) groups excluding carboxylic acids is 1. The van der Waals surface area contributed by atoms with Gasteiger partial charge in [-0.25, -0.2) is 9.78 Å². The predicted octanol–water partition coefficient (Wildman–Crippen LogP) is 2.25. The van der Waals surface area contributed by atoms with E-state index in [2.05, 4.69) is 23.9 Å². The van der Waals surface area contributed by atoms with Gasteiger partial charge in [-0.3, -0.25) is 4.68 Å². The minimum absolute atomic E-state index is 0.0896. The van der Waals surface area contributed by atoms with E-state index in [0.717, 1.165) is 29.8 Å². The van der Waals surface area contributed by atoms with Crippen LogP contribution in [0.4, 0.5) is 0 Å². The lowest BCUT2D eigenvalue weighted by atomic mass is 9.59. The van der Waals surface area contributed by atoms with E-state index in [1.165, 1.54) is 0 Å². The highest BCUT2D eigenvalue weighted by atomic mass is 16.6. The lowest BCUT2D eigenvalue weighted by Crippen LogP contribution is -2.61. The number of esters is 1. The van der Waals surface area contributed by atoms with Crippen LogP contribution in [0, 0.1) is 18.3 Å². The maximum absolute atomic E-state index is 12.6. The number of ether oxygens (including phenoxy) is 2. The van der Waals surface area contributed by atoms with Crippen LogP contribution in [-0.4, -0.2) is 39.5 Å². The van der Waals surface area contributed by atoms with Crippen LogP contribution in [0.1, 0.15) is 36.3 Å². The Morgan fingerprint density at radius 1 is 1.48 bits per heavy atom. The quantitative estimate of drug-likeness (QED) is 0.795. The van der Waals surface area contributed by atoms with Crippen LogP contribution in [0.5, 0.6) is 0 Å². The Morgan fingerprint density at radius 2 is 2.26 bits per heavy atom. The molecule has 1 aliphatic carbocycles. The van der Waals surface area contributed by atoms with E-state index < -0.39 is 0 Å². The molecule has 1 saturated heterocycles. The second-order valence-electron chi connectivity index (χ2n) is 7.20. The van der Waals surface area contributed by atoms with Gasteiger partial charge in [0.25, 0.3) is 0 Å². The van der Waals surface area contributed by atoms with E-state index >= 15 is 0 Å². The van der Waals surface area contributed by atoms with E-state index in [-0.39, 0.29) is 23.6 Å². The summed E-state index contributed by atoms with van der Waals surface area (Å²) >= 11 is 0. The van der Waals surface area contributed by atoms with Crippen molar-refractivity contribution in [2.24, 2.45) is 18.4 Å². The molecule has 1 aliphatic heterocycles. The number of aryl methyl sites for hydroxylation is 2. The van der Waals surface area contributed by atoms with E-state index in [1.54, 1.807) is 10.9 Å². The van der Waals surface area contributed by atoms with Crippen molar-refractivity contribution in [3.8, 4) is 0 Å². The molecule has 6 nitrogen and oxygen atoms in total. The third-order valence-electron chi connectivity index (χ3n) is 5.33. The van der Waals surface area contributed by atoms with Crippen molar-refractivity contribution >= 4 is 17.0 Å². The minimum Gasteiger partial charge on any atom is -0.458 e. The third-order valence-corrected chi connectivity index (χ3v) is 5.33. The van der Waals surface area contributed by atoms with E-state index in [4.69, 9.17) is 9.47 Å². The molecule has 2 aromatic rings. The summed E-state index contributed by atoms with van der Waals surface area (Å²) in [4.78, 5) is 16.9. The fourth-order valence-electron chi connectivity index (χ4n) is 4.12. The monoisotopic (exact) mass is 315 g/mol. The largest absolute Gasteiger partial charge is 0.458 e. The molecule has 2 fully saturated rings. The Balaban J connectivity index is 1.59. The summed E-state index contributed by atoms with van der Waals surface area (Å²) in [5.74, 6) is 0.0110. The molecule has 0 unspecified atom stereocenters. The lowest BCUT2D eigenvalue weighted by Gasteiger charge is -2.53. The SMILES string of the molecule is Cc1nn(C)c2ncc(C(=O)O[C@@H]3[C@H]4CCO[C@H]4C3(C)C)cc12. The van der Waals surface area contributed by atoms with E-state index in [9.17, 15) is 4.79 Å². The molecule has 0 N–H and O–H groups in total. The fourth-order valence-corrected chi connectivity index (χ4v) is 4.12. The number of carbonyl (C=O) groups is 1. The molecule has 0 radical (unpaired) electrons. The van der Waals surface area contributed by atoms with Crippen molar-refractivity contribution < 1.29 is 14.3 Å². The standard InChI is InChI=1S/C17H21N3O3/c1-9-12-7-10(8-18-15(12)20(4)19-9)16(21)23-14-11-5-6-22-13(11)17(14,2)3/h7-8,11,13-14H,5-6H2,1-4H3/t11-,13+,14+/m0/s1. The van der Waals surface area contributed by atoms with Gasteiger partial charge in [-0.05, 0) is 19.4 Å². The van der Waals surface area contributed by atoms with E-state index in [0.29, 0.717) is 11.5 Å². The van der Waals surface area contributed by atoms with Crippen LogP contribution in [0.25, 0.3) is 11.0 Å². The number of aromatic nitrogens is 3. The summed E-state index contributed by atoms with van der Waals surface area (Å²) in [6.45, 7) is 6.87. The molecular formula is C17H21N3O3. The molecule has 2 aliphatic rings. The lowest BCUT2D eigenvalue weighted by molar-refractivity contribution is -0.183. The molecule has 1 saturated carbocycles. The van der Waals surface area contributed by atoms with Crippen molar-refractivity contribution in [1.29, 1.82) is 0 Å². The van der Waals surface area contributed by atoms with Crippen LogP contribution in [0.3, 0.4) is 0 Å². The second-order valence-corrected chi connectivity index (χ2v) is 7.20. The van der Waals surface area contributed by atoms with Gasteiger partial charge in [-0.15, -0.1) is 0 Å². The molecule has 0 spiro atoms. The summed E-state index contributed by atoms with van der Waals surface area (Å²) < 4.78 is 13.3. The number of hydrogen-bond donors (Lipinski definition) is 0. The van der Waals surface area contributed by atoms with Gasteiger partial charge in [0, 0.05) is 36.6 Å². The van der Waals surface area contributed by atoms with Crippen molar-refractivity contribution in [2.75, 3.05) is 6.61 Å². The molecule has 3 heterocycles. The zero-order valence-corrected chi connectivity index (χ0v) is 13.9. The van der Waals surface area contributed by atoms with Gasteiger partial charge >= 0.3 is 5.97 Å². The maximum Gasteiger partial charge on any atom is 0.340 e. The van der Waals surface area contributed by atoms with Crippen LogP contribution in [-0.2, 0) is 16.5 Å². The first-order chi connectivity index (χ1) is 10.9. The summed E-state index contributed by atoms with van der Waals surface area (Å²) in [5.41, 5.74) is 1.98. The highest BCUT2D eigenvalue weighted by molar-refractivity contribution is 5.93. The minimum atomic E-state index is -0.314. The van der Waals surface area contributed by atoms with Gasteiger partial charge < -0.3 is 9.47 Å². The van der Waals surface area contributed by atoms with E-state index in [1.807, 2.05) is 20.0 Å². The summed E-state index contributed by atoms with van der Waals surface area (Å²) in [6.07, 6.45) is 2.65. The first-order valence-corrected chi connectivity index (χ1v) is 8.01. The zero-order chi connectivity index (χ0) is 16.4. The molecule has 3 atom stereocenters. The predicted molar refractivity (Wildman–Crippen MR) is 84.1 cm³/mol. The summed E-state index contributed by atoms with van der Waals surface area (Å²) in [6, 6.07) is 1.82. The Hall–Kier alpha value is -1.95. The van der Waals surface area contributed by atoms with Crippen LogP contribution in [0.2, 0.25) is 0 Å². The van der Waals surface area contributed by atoms with Gasteiger partial charge in [0.05, 0.1) is 17.4 Å². The summed E-state index contributed by atoms with van der Waals surface area (Å²) in [7, 11) is 1.84. The van der Waals surface area contributed by atoms with Gasteiger partial charge in [-0.2, -0.15) is 5.10 Å². The highest BCUT2D eigenvalue weighted by Gasteiger charge is 2.61. The number of hydrogen-bond acceptors (Lipinski definition) is 5. The Morgan fingerprint density at radius 3 is 3.04 bits per heavy atom. The number of rotatable bonds is 2. The topological polar surface area (TPSA) is 66.2 Å². The molecule has 0 aromatic carbocycles. The smallest absolute Gasteiger partial charge is 0.340 e. The van der Waals surface area contributed by atoms with Gasteiger partial charge in [0.1, 0.15) is 6.10 Å². The van der Waals surface area contributed by atoms with Gasteiger partial charge in [0.15, 0.2) is 5.65 Å². The first-order valence-electron chi connectivity index (χ1n) is 8.01. The maximum atomic E-state index is 12.6. The molecule has 0 amide bonds. The third kappa shape index (κ3) is 2.01. The zero-order valence-electron chi connectivity index (χ0n) is 13.9. The van der Waals surface area contributed by atoms with Crippen molar-refractivity contribution in [3.05, 3.63) is 23.5 Å². The molecule has 0 bridgehead atoms. The molecule has 4 rings (SSSR count). The van der Waals surface area contributed by atoms with Crippen LogP contribution < -0.4 is 0 Å². The Labute approximate surface area is 134 Å². The second kappa shape index (κ2) is 4.77. The summed E-state index contributed by atoms with van der Waals surface area (Å²) in [5, 5.41) is 5.22. The average Bonchev–Trinajstić information content (AvgIpc) is 3.08. The number of fused-ring (bicyclic) bond motifs is 2. The van der Waals surface area contributed by atoms with Crippen molar-refractivity contribution in [1.82, 2.24) is 14.8 Å². The van der Waals surface area contributed by atoms with Crippen LogP contribution >= 0.6 is 0 Å². The molecule has 6 heteroatoms. The van der Waals surface area contributed by atoms with Crippen molar-refractivity contribution in [3.63, 3.8) is 0 Å². The Bertz CT molecular complexity index is 796.